The Morgan fingerprint density at radius 3 is 1.68 bits per heavy atom. The number of nitrogens with zero attached hydrogens (tertiary/aromatic N) is 1. The summed E-state index contributed by atoms with van der Waals surface area (Å²) in [5, 5.41) is 1.40. The summed E-state index contributed by atoms with van der Waals surface area (Å²) in [7, 11) is 0. The summed E-state index contributed by atoms with van der Waals surface area (Å²) in [5.74, 6) is 0. The van der Waals surface area contributed by atoms with E-state index in [1.54, 1.807) is 18.2 Å². The van der Waals surface area contributed by atoms with Gasteiger partial charge in [0.25, 0.3) is 0 Å². The van der Waals surface area contributed by atoms with E-state index in [1.807, 2.05) is 71.6 Å². The Balaban J connectivity index is 1.88. The van der Waals surface area contributed by atoms with Crippen LogP contribution in [-0.4, -0.2) is 0 Å². The Kier molecular flexibility index (Phi) is 3.22. The van der Waals surface area contributed by atoms with Crippen molar-refractivity contribution in [1.29, 1.82) is 0 Å². The van der Waals surface area contributed by atoms with Gasteiger partial charge in [-0.2, -0.15) is 0 Å². The Bertz CT molecular complexity index is 2260. The van der Waals surface area contributed by atoms with E-state index in [1.165, 1.54) is 6.07 Å². The molecular formula is C37H35Br2N. The van der Waals surface area contributed by atoms with Crippen LogP contribution in [0.3, 0.4) is 0 Å². The fourth-order valence-electron chi connectivity index (χ4n) is 5.29. The lowest BCUT2D eigenvalue weighted by Gasteiger charge is -2.44. The van der Waals surface area contributed by atoms with Crippen molar-refractivity contribution >= 4 is 59.7 Å². The first-order valence-electron chi connectivity index (χ1n) is 21.4. The summed E-state index contributed by atoms with van der Waals surface area (Å²) < 4.78 is 161. The third kappa shape index (κ3) is 4.16. The molecule has 40 heavy (non-hydrogen) atoms. The van der Waals surface area contributed by atoms with Crippen molar-refractivity contribution in [3.8, 4) is 11.1 Å². The summed E-state index contributed by atoms with van der Waals surface area (Å²) >= 11 is 6.94. The third-order valence-corrected chi connectivity index (χ3v) is 8.60. The van der Waals surface area contributed by atoms with Gasteiger partial charge in [0, 0.05) is 50.6 Å². The van der Waals surface area contributed by atoms with Crippen molar-refractivity contribution in [3.05, 3.63) is 123 Å². The molecule has 0 bridgehead atoms. The van der Waals surface area contributed by atoms with Gasteiger partial charge in [-0.25, -0.2) is 0 Å². The molecule has 3 heteroatoms. The average Bonchev–Trinajstić information content (AvgIpc) is 3.38. The zero-order valence-electron chi connectivity index (χ0n) is 39.0. The van der Waals surface area contributed by atoms with E-state index in [-0.39, 0.29) is 5.56 Å². The summed E-state index contributed by atoms with van der Waals surface area (Å²) in [6, 6.07) is 28.4. The van der Waals surface area contributed by atoms with Crippen molar-refractivity contribution in [2.45, 2.75) is 51.9 Å². The highest BCUT2D eigenvalue weighted by atomic mass is 79.9. The van der Waals surface area contributed by atoms with E-state index in [0.717, 1.165) is 26.5 Å². The van der Waals surface area contributed by atoms with Gasteiger partial charge in [0.1, 0.15) is 0 Å². The highest BCUT2D eigenvalue weighted by molar-refractivity contribution is 9.10. The molecular weight excluding hydrogens is 618 g/mol. The number of benzene rings is 5. The fraction of sp³-hybridized carbons (Fsp3) is 0.243. The SMILES string of the molecule is [2H]C([2H])([2H])C1(C([2H])([2H])[2H])c2ccc(-c3cc4ccccc4cc3N(c3ccc(Br)cc3)c3ccc(Br)cc3)cc2C(C([2H])([2H])[2H])(C([2H])([2H])[2H])C1(C([2H])([2H])[2H])C([2H])([2H])[2H]. The molecule has 0 radical (unpaired) electrons. The first-order valence-corrected chi connectivity index (χ1v) is 14.0. The summed E-state index contributed by atoms with van der Waals surface area (Å²) in [4.78, 5) is 1.86. The number of fused-ring (bicyclic) bond motifs is 2. The molecule has 0 amide bonds. The number of hydrogen-bond acceptors (Lipinski definition) is 1. The van der Waals surface area contributed by atoms with Gasteiger partial charge in [0.05, 0.1) is 5.69 Å². The van der Waals surface area contributed by atoms with Gasteiger partial charge in [-0.05, 0) is 104 Å². The van der Waals surface area contributed by atoms with Gasteiger partial charge in [-0.1, -0.05) is 115 Å². The minimum absolute atomic E-state index is 0.0217. The Morgan fingerprint density at radius 2 is 1.12 bits per heavy atom. The van der Waals surface area contributed by atoms with E-state index in [0.29, 0.717) is 28.0 Å². The van der Waals surface area contributed by atoms with Gasteiger partial charge >= 0.3 is 0 Å². The average molecular weight is 672 g/mol. The second-order valence-electron chi connectivity index (χ2n) is 10.0. The van der Waals surface area contributed by atoms with E-state index >= 15 is 0 Å². The van der Waals surface area contributed by atoms with Crippen LogP contribution in [0.25, 0.3) is 21.9 Å². The molecule has 0 aliphatic heterocycles. The maximum Gasteiger partial charge on any atom is 0.0546 e. The lowest BCUT2D eigenvalue weighted by molar-refractivity contribution is 0.125. The fourth-order valence-corrected chi connectivity index (χ4v) is 5.82. The molecule has 0 heterocycles. The molecule has 0 aromatic heterocycles. The van der Waals surface area contributed by atoms with E-state index in [9.17, 15) is 0 Å². The van der Waals surface area contributed by atoms with Gasteiger partial charge in [0.15, 0.2) is 0 Å². The van der Waals surface area contributed by atoms with Crippen LogP contribution in [0, 0.1) is 5.41 Å². The van der Waals surface area contributed by atoms with Gasteiger partial charge in [-0.3, -0.25) is 0 Å². The number of rotatable bonds is 4. The maximum atomic E-state index is 8.91. The van der Waals surface area contributed by atoms with Gasteiger partial charge in [-0.15, -0.1) is 0 Å². The number of anilines is 3. The highest BCUT2D eigenvalue weighted by Gasteiger charge is 2.56. The van der Waals surface area contributed by atoms with E-state index in [4.69, 9.17) is 24.7 Å². The number of halogens is 2. The molecule has 5 aromatic carbocycles. The molecule has 1 nitrogen and oxygen atoms in total. The second kappa shape index (κ2) is 9.60. The van der Waals surface area contributed by atoms with Crippen molar-refractivity contribution in [2.75, 3.05) is 4.90 Å². The molecule has 0 atom stereocenters. The van der Waals surface area contributed by atoms with Crippen molar-refractivity contribution in [1.82, 2.24) is 0 Å². The molecule has 5 aromatic rings. The molecule has 202 valence electrons. The normalized spacial score (nSPS) is 25.1. The topological polar surface area (TPSA) is 3.24 Å². The zero-order chi connectivity index (χ0) is 43.4. The second-order valence-corrected chi connectivity index (χ2v) is 11.8. The maximum absolute atomic E-state index is 8.91. The van der Waals surface area contributed by atoms with Gasteiger partial charge in [0.2, 0.25) is 0 Å². The van der Waals surface area contributed by atoms with Crippen molar-refractivity contribution < 1.29 is 24.7 Å². The molecule has 0 saturated heterocycles. The van der Waals surface area contributed by atoms with Crippen LogP contribution in [0.4, 0.5) is 17.1 Å². The van der Waals surface area contributed by atoms with Crippen LogP contribution in [-0.2, 0) is 10.8 Å². The van der Waals surface area contributed by atoms with E-state index in [2.05, 4.69) is 31.9 Å². The monoisotopic (exact) mass is 669 g/mol. The van der Waals surface area contributed by atoms with Crippen molar-refractivity contribution in [2.24, 2.45) is 5.41 Å². The first kappa shape index (κ1) is 13.4. The van der Waals surface area contributed by atoms with Crippen LogP contribution < -0.4 is 4.90 Å². The molecule has 0 unspecified atom stereocenters. The Hall–Kier alpha value is -2.88. The molecule has 0 spiro atoms. The number of hydrogen-bond donors (Lipinski definition) is 0. The minimum Gasteiger partial charge on any atom is -0.310 e. The van der Waals surface area contributed by atoms with Crippen LogP contribution in [0.2, 0.25) is 0 Å². The molecule has 0 fully saturated rings. The van der Waals surface area contributed by atoms with Crippen LogP contribution >= 0.6 is 31.9 Å². The van der Waals surface area contributed by atoms with Gasteiger partial charge < -0.3 is 4.90 Å². The summed E-state index contributed by atoms with van der Waals surface area (Å²) in [6.07, 6.45) is 0. The highest BCUT2D eigenvalue weighted by Crippen LogP contribution is 2.62. The standard InChI is InChI=1S/C37H35Br2N/c1-35(2)32-20-11-26(22-33(32)36(3,4)37(35,5)6)31-21-24-9-7-8-10-25(24)23-34(31)40(29-16-12-27(38)13-17-29)30-18-14-28(39)15-19-30/h7-23H,1-6H3/i1D3,2D3,3D3,4D3,5D3,6D3. The predicted molar refractivity (Wildman–Crippen MR) is 179 cm³/mol. The summed E-state index contributed by atoms with van der Waals surface area (Å²) in [6.45, 7) is -25.3. The smallest absolute Gasteiger partial charge is 0.0546 e. The van der Waals surface area contributed by atoms with Crippen LogP contribution in [0.15, 0.2) is 112 Å². The molecule has 6 rings (SSSR count). The third-order valence-electron chi connectivity index (χ3n) is 7.54. The lowest BCUT2D eigenvalue weighted by atomic mass is 9.59. The summed E-state index contributed by atoms with van der Waals surface area (Å²) in [5.41, 5.74) is -12.8. The zero-order valence-corrected chi connectivity index (χ0v) is 24.2. The molecule has 1 aliphatic carbocycles. The lowest BCUT2D eigenvalue weighted by Crippen LogP contribution is -2.42. The molecule has 1 aliphatic rings. The predicted octanol–water partition coefficient (Wildman–Crippen LogP) is 12.1. The molecule has 0 N–H and O–H groups in total. The van der Waals surface area contributed by atoms with Crippen molar-refractivity contribution in [3.63, 3.8) is 0 Å². The Morgan fingerprint density at radius 1 is 0.575 bits per heavy atom. The minimum atomic E-state index is -4.49. The van der Waals surface area contributed by atoms with Crippen LogP contribution in [0.1, 0.15) is 76.9 Å². The molecule has 0 saturated carbocycles. The largest absolute Gasteiger partial charge is 0.310 e. The quantitative estimate of drug-likeness (QED) is 0.184. The van der Waals surface area contributed by atoms with E-state index < -0.39 is 68.5 Å². The van der Waals surface area contributed by atoms with Crippen LogP contribution in [0.5, 0.6) is 0 Å². The first-order chi connectivity index (χ1) is 26.4. The Labute approximate surface area is 280 Å².